The Morgan fingerprint density at radius 2 is 1.97 bits per heavy atom. The van der Waals surface area contributed by atoms with Crippen LogP contribution >= 0.6 is 0 Å². The van der Waals surface area contributed by atoms with E-state index in [0.29, 0.717) is 43.1 Å². The van der Waals surface area contributed by atoms with E-state index in [0.717, 1.165) is 43.9 Å². The van der Waals surface area contributed by atoms with Gasteiger partial charge in [0.25, 0.3) is 0 Å². The summed E-state index contributed by atoms with van der Waals surface area (Å²) in [5.41, 5.74) is 4.00. The summed E-state index contributed by atoms with van der Waals surface area (Å²) in [7, 11) is -3.23. The van der Waals surface area contributed by atoms with E-state index in [9.17, 15) is 13.2 Å². The lowest BCUT2D eigenvalue weighted by molar-refractivity contribution is -0.120. The van der Waals surface area contributed by atoms with Gasteiger partial charge in [0, 0.05) is 44.8 Å². The highest BCUT2D eigenvalue weighted by Crippen LogP contribution is 2.28. The zero-order valence-electron chi connectivity index (χ0n) is 19.1. The van der Waals surface area contributed by atoms with E-state index < -0.39 is 10.0 Å². The molecule has 2 aliphatic heterocycles. The van der Waals surface area contributed by atoms with E-state index in [1.807, 2.05) is 6.07 Å². The van der Waals surface area contributed by atoms with Gasteiger partial charge in [-0.2, -0.15) is 5.10 Å². The molecule has 1 aromatic carbocycles. The fourth-order valence-electron chi connectivity index (χ4n) is 4.53. The molecule has 12 heteroatoms. The Morgan fingerprint density at radius 1 is 1.21 bits per heavy atom. The first-order valence-corrected chi connectivity index (χ1v) is 13.3. The van der Waals surface area contributed by atoms with Crippen molar-refractivity contribution in [3.8, 4) is 11.5 Å². The molecule has 0 saturated carbocycles. The number of piperidine rings is 1. The van der Waals surface area contributed by atoms with E-state index in [1.165, 1.54) is 16.1 Å². The van der Waals surface area contributed by atoms with Gasteiger partial charge in [0.2, 0.25) is 15.9 Å². The molecule has 2 aromatic heterocycles. The second kappa shape index (κ2) is 9.45. The first-order valence-electron chi connectivity index (χ1n) is 11.5. The van der Waals surface area contributed by atoms with Crippen molar-refractivity contribution in [3.05, 3.63) is 30.0 Å². The van der Waals surface area contributed by atoms with Crippen molar-refractivity contribution < 1.29 is 17.9 Å². The molecule has 34 heavy (non-hydrogen) atoms. The van der Waals surface area contributed by atoms with Gasteiger partial charge in [0.15, 0.2) is 11.5 Å². The number of H-pyrrole nitrogens is 2. The SMILES string of the molecule is CS(=O)(=O)N1CCC(C(=O)Nc2c[nH]nc2-c2nc3cc(CN4CCOCC4)ccc3[nH]2)CC1. The Hall–Kier alpha value is -2.80. The molecule has 0 bridgehead atoms. The average Bonchev–Trinajstić information content (AvgIpc) is 3.45. The largest absolute Gasteiger partial charge is 0.379 e. The van der Waals surface area contributed by atoms with Crippen LogP contribution < -0.4 is 5.32 Å². The topological polar surface area (TPSA) is 136 Å². The molecule has 0 spiro atoms. The van der Waals surface area contributed by atoms with Crippen LogP contribution in [0.5, 0.6) is 0 Å². The molecule has 0 radical (unpaired) electrons. The minimum atomic E-state index is -3.23. The normalized spacial score (nSPS) is 19.0. The number of amides is 1. The van der Waals surface area contributed by atoms with Crippen LogP contribution in [0.15, 0.2) is 24.4 Å². The first kappa shape index (κ1) is 23.0. The number of anilines is 1. The molecule has 11 nitrogen and oxygen atoms in total. The lowest BCUT2D eigenvalue weighted by atomic mass is 9.97. The second-order valence-corrected chi connectivity index (χ2v) is 10.9. The zero-order valence-corrected chi connectivity index (χ0v) is 19.9. The minimum Gasteiger partial charge on any atom is -0.379 e. The number of carbonyl (C=O) groups excluding carboxylic acids is 1. The Labute approximate surface area is 197 Å². The highest BCUT2D eigenvalue weighted by Gasteiger charge is 2.29. The standard InChI is InChI=1S/C22H29N7O4S/c1-34(31,32)29-6-4-16(5-7-29)22(30)26-19-13-23-27-20(19)21-24-17-3-2-15(12-18(17)25-21)14-28-8-10-33-11-9-28/h2-3,12-13,16H,4-11,14H2,1H3,(H,23,27)(H,24,25)(H,26,30). The van der Waals surface area contributed by atoms with Crippen molar-refractivity contribution in [1.29, 1.82) is 0 Å². The average molecular weight is 488 g/mol. The molecule has 1 amide bonds. The quantitative estimate of drug-likeness (QED) is 0.478. The number of imidazole rings is 1. The molecule has 4 heterocycles. The van der Waals surface area contributed by atoms with Crippen LogP contribution in [-0.4, -0.2) is 89.3 Å². The molecular formula is C22H29N7O4S. The maximum Gasteiger partial charge on any atom is 0.227 e. The third kappa shape index (κ3) is 4.99. The first-order chi connectivity index (χ1) is 16.4. The van der Waals surface area contributed by atoms with Crippen molar-refractivity contribution in [2.45, 2.75) is 19.4 Å². The van der Waals surface area contributed by atoms with Crippen molar-refractivity contribution >= 4 is 32.7 Å². The predicted molar refractivity (Wildman–Crippen MR) is 128 cm³/mol. The van der Waals surface area contributed by atoms with Gasteiger partial charge in [-0.1, -0.05) is 6.07 Å². The van der Waals surface area contributed by atoms with Gasteiger partial charge >= 0.3 is 0 Å². The lowest BCUT2D eigenvalue weighted by Gasteiger charge is -2.29. The summed E-state index contributed by atoms with van der Waals surface area (Å²) < 4.78 is 30.3. The van der Waals surface area contributed by atoms with Crippen molar-refractivity contribution in [2.24, 2.45) is 5.92 Å². The fraction of sp³-hybridized carbons (Fsp3) is 0.500. The molecule has 2 aliphatic rings. The monoisotopic (exact) mass is 487 g/mol. The molecular weight excluding hydrogens is 458 g/mol. The third-order valence-electron chi connectivity index (χ3n) is 6.47. The number of benzene rings is 1. The van der Waals surface area contributed by atoms with E-state index in [2.05, 4.69) is 37.5 Å². The molecule has 2 saturated heterocycles. The number of sulfonamides is 1. The summed E-state index contributed by atoms with van der Waals surface area (Å²) in [4.78, 5) is 23.2. The Kier molecular flexibility index (Phi) is 6.38. The maximum absolute atomic E-state index is 12.8. The van der Waals surface area contributed by atoms with Crippen LogP contribution in [0.3, 0.4) is 0 Å². The Balaban J connectivity index is 1.27. The number of aromatic amines is 2. The summed E-state index contributed by atoms with van der Waals surface area (Å²) in [6.45, 7) is 4.93. The summed E-state index contributed by atoms with van der Waals surface area (Å²) in [5.74, 6) is 0.181. The summed E-state index contributed by atoms with van der Waals surface area (Å²) >= 11 is 0. The highest BCUT2D eigenvalue weighted by molar-refractivity contribution is 7.88. The van der Waals surface area contributed by atoms with E-state index in [1.54, 1.807) is 6.20 Å². The number of hydrogen-bond acceptors (Lipinski definition) is 7. The van der Waals surface area contributed by atoms with Gasteiger partial charge in [-0.15, -0.1) is 0 Å². The minimum absolute atomic E-state index is 0.139. The fourth-order valence-corrected chi connectivity index (χ4v) is 5.40. The van der Waals surface area contributed by atoms with Crippen molar-refractivity contribution in [1.82, 2.24) is 29.4 Å². The number of morpholine rings is 1. The van der Waals surface area contributed by atoms with Crippen LogP contribution in [-0.2, 0) is 26.1 Å². The number of ether oxygens (including phenoxy) is 1. The zero-order chi connectivity index (χ0) is 23.7. The van der Waals surface area contributed by atoms with Crippen LogP contribution in [0.25, 0.3) is 22.6 Å². The molecule has 5 rings (SSSR count). The molecule has 0 unspecified atom stereocenters. The Bertz CT molecular complexity index is 1270. The van der Waals surface area contributed by atoms with Crippen molar-refractivity contribution in [3.63, 3.8) is 0 Å². The number of fused-ring (bicyclic) bond motifs is 1. The number of carbonyl (C=O) groups is 1. The lowest BCUT2D eigenvalue weighted by Crippen LogP contribution is -2.40. The van der Waals surface area contributed by atoms with E-state index in [-0.39, 0.29) is 11.8 Å². The van der Waals surface area contributed by atoms with Crippen LogP contribution in [0.1, 0.15) is 18.4 Å². The number of hydrogen-bond donors (Lipinski definition) is 3. The smallest absolute Gasteiger partial charge is 0.227 e. The maximum atomic E-state index is 12.8. The molecule has 2 fully saturated rings. The molecule has 3 N–H and O–H groups in total. The number of nitrogens with one attached hydrogen (secondary N) is 3. The van der Waals surface area contributed by atoms with E-state index >= 15 is 0 Å². The van der Waals surface area contributed by atoms with Gasteiger partial charge in [-0.05, 0) is 30.5 Å². The van der Waals surface area contributed by atoms with Gasteiger partial charge in [-0.3, -0.25) is 14.8 Å². The summed E-state index contributed by atoms with van der Waals surface area (Å²) in [6.07, 6.45) is 3.81. The molecule has 182 valence electrons. The molecule has 3 aromatic rings. The Morgan fingerprint density at radius 3 is 2.71 bits per heavy atom. The van der Waals surface area contributed by atoms with Crippen LogP contribution in [0.4, 0.5) is 5.69 Å². The van der Waals surface area contributed by atoms with E-state index in [4.69, 9.17) is 9.72 Å². The number of rotatable bonds is 6. The van der Waals surface area contributed by atoms with Gasteiger partial charge < -0.3 is 15.0 Å². The molecule has 0 atom stereocenters. The number of nitrogens with zero attached hydrogens (tertiary/aromatic N) is 4. The second-order valence-electron chi connectivity index (χ2n) is 8.90. The van der Waals surface area contributed by atoms with Gasteiger partial charge in [0.05, 0.1) is 36.2 Å². The summed E-state index contributed by atoms with van der Waals surface area (Å²) in [6, 6.07) is 6.18. The van der Waals surface area contributed by atoms with Crippen molar-refractivity contribution in [2.75, 3.05) is 51.0 Å². The third-order valence-corrected chi connectivity index (χ3v) is 7.78. The van der Waals surface area contributed by atoms with Crippen LogP contribution in [0, 0.1) is 5.92 Å². The van der Waals surface area contributed by atoms with Crippen LogP contribution in [0.2, 0.25) is 0 Å². The predicted octanol–water partition coefficient (Wildman–Crippen LogP) is 1.40. The highest BCUT2D eigenvalue weighted by atomic mass is 32.2. The number of aromatic nitrogens is 4. The van der Waals surface area contributed by atoms with Gasteiger partial charge in [0.1, 0.15) is 0 Å². The molecule has 0 aliphatic carbocycles. The van der Waals surface area contributed by atoms with Gasteiger partial charge in [-0.25, -0.2) is 17.7 Å². The summed E-state index contributed by atoms with van der Waals surface area (Å²) in [5, 5.41) is 10.1.